The molecule has 1 unspecified atom stereocenters. The van der Waals surface area contributed by atoms with Gasteiger partial charge in [-0.3, -0.25) is 4.79 Å². The van der Waals surface area contributed by atoms with Crippen molar-refractivity contribution in [3.05, 3.63) is 12.7 Å². The summed E-state index contributed by atoms with van der Waals surface area (Å²) in [6, 6.07) is 0. The Labute approximate surface area is 60.9 Å². The van der Waals surface area contributed by atoms with Crippen LogP contribution in [0.1, 0.15) is 19.3 Å². The van der Waals surface area contributed by atoms with Crippen molar-refractivity contribution in [1.82, 2.24) is 0 Å². The second-order valence-electron chi connectivity index (χ2n) is 2.54. The lowest BCUT2D eigenvalue weighted by Crippen LogP contribution is -2.00. The minimum Gasteiger partial charge on any atom is -0.466 e. The molecule has 56 valence electrons. The minimum absolute atomic E-state index is 0.0654. The molecule has 0 aliphatic carbocycles. The third kappa shape index (κ3) is 1.87. The van der Waals surface area contributed by atoms with Crippen molar-refractivity contribution < 1.29 is 9.53 Å². The molecule has 0 aromatic heterocycles. The molecule has 1 aliphatic rings. The SMILES string of the molecule is C=CC1CCOC(=O)CC1. The van der Waals surface area contributed by atoms with Gasteiger partial charge in [-0.15, -0.1) is 6.58 Å². The largest absolute Gasteiger partial charge is 0.466 e. The fourth-order valence-electron chi connectivity index (χ4n) is 1.08. The van der Waals surface area contributed by atoms with Crippen molar-refractivity contribution in [3.63, 3.8) is 0 Å². The fourth-order valence-corrected chi connectivity index (χ4v) is 1.08. The molecular formula is C8H12O2. The predicted octanol–water partition coefficient (Wildman–Crippen LogP) is 1.52. The molecular weight excluding hydrogens is 128 g/mol. The van der Waals surface area contributed by atoms with E-state index in [1.807, 2.05) is 6.08 Å². The van der Waals surface area contributed by atoms with Crippen molar-refractivity contribution in [2.24, 2.45) is 5.92 Å². The Balaban J connectivity index is 2.40. The van der Waals surface area contributed by atoms with E-state index in [1.54, 1.807) is 0 Å². The summed E-state index contributed by atoms with van der Waals surface area (Å²) in [4.78, 5) is 10.7. The molecule has 0 N–H and O–H groups in total. The van der Waals surface area contributed by atoms with E-state index in [4.69, 9.17) is 4.74 Å². The van der Waals surface area contributed by atoms with Crippen molar-refractivity contribution in [2.75, 3.05) is 6.61 Å². The summed E-state index contributed by atoms with van der Waals surface area (Å²) >= 11 is 0. The number of carbonyl (C=O) groups is 1. The van der Waals surface area contributed by atoms with Gasteiger partial charge in [-0.05, 0) is 18.8 Å². The van der Waals surface area contributed by atoms with Gasteiger partial charge in [-0.1, -0.05) is 6.08 Å². The maximum Gasteiger partial charge on any atom is 0.305 e. The van der Waals surface area contributed by atoms with E-state index >= 15 is 0 Å². The van der Waals surface area contributed by atoms with E-state index < -0.39 is 0 Å². The van der Waals surface area contributed by atoms with E-state index in [2.05, 4.69) is 6.58 Å². The molecule has 0 bridgehead atoms. The van der Waals surface area contributed by atoms with E-state index in [0.29, 0.717) is 18.9 Å². The molecule has 0 aromatic rings. The molecule has 1 rings (SSSR count). The highest BCUT2D eigenvalue weighted by molar-refractivity contribution is 5.69. The highest BCUT2D eigenvalue weighted by atomic mass is 16.5. The summed E-state index contributed by atoms with van der Waals surface area (Å²) in [7, 11) is 0. The Kier molecular flexibility index (Phi) is 2.49. The van der Waals surface area contributed by atoms with E-state index in [1.165, 1.54) is 0 Å². The first-order valence-electron chi connectivity index (χ1n) is 3.61. The second kappa shape index (κ2) is 3.40. The topological polar surface area (TPSA) is 26.3 Å². The van der Waals surface area contributed by atoms with Gasteiger partial charge in [0.05, 0.1) is 6.61 Å². The third-order valence-electron chi connectivity index (χ3n) is 1.80. The quantitative estimate of drug-likeness (QED) is 0.407. The van der Waals surface area contributed by atoms with Crippen LogP contribution >= 0.6 is 0 Å². The number of rotatable bonds is 1. The van der Waals surface area contributed by atoms with E-state index in [-0.39, 0.29) is 5.97 Å². The van der Waals surface area contributed by atoms with Crippen LogP contribution in [0.4, 0.5) is 0 Å². The first-order valence-corrected chi connectivity index (χ1v) is 3.61. The van der Waals surface area contributed by atoms with Crippen LogP contribution in [-0.4, -0.2) is 12.6 Å². The molecule has 1 aliphatic heterocycles. The maximum absolute atomic E-state index is 10.7. The number of carbonyl (C=O) groups excluding carboxylic acids is 1. The summed E-state index contributed by atoms with van der Waals surface area (Å²) < 4.78 is 4.85. The lowest BCUT2D eigenvalue weighted by molar-refractivity contribution is -0.142. The Morgan fingerprint density at radius 1 is 1.60 bits per heavy atom. The highest BCUT2D eigenvalue weighted by Gasteiger charge is 2.13. The molecule has 0 radical (unpaired) electrons. The van der Waals surface area contributed by atoms with Gasteiger partial charge in [0.25, 0.3) is 0 Å². The van der Waals surface area contributed by atoms with Gasteiger partial charge < -0.3 is 4.74 Å². The first-order chi connectivity index (χ1) is 4.83. The molecule has 2 heteroatoms. The smallest absolute Gasteiger partial charge is 0.305 e. The van der Waals surface area contributed by atoms with Crippen LogP contribution in [0.5, 0.6) is 0 Å². The number of allylic oxidation sites excluding steroid dienone is 1. The number of ether oxygens (including phenoxy) is 1. The maximum atomic E-state index is 10.7. The van der Waals surface area contributed by atoms with Crippen LogP contribution < -0.4 is 0 Å². The van der Waals surface area contributed by atoms with Gasteiger partial charge in [-0.2, -0.15) is 0 Å². The van der Waals surface area contributed by atoms with Crippen molar-refractivity contribution in [3.8, 4) is 0 Å². The Morgan fingerprint density at radius 2 is 2.40 bits per heavy atom. The zero-order valence-electron chi connectivity index (χ0n) is 6.01. The first kappa shape index (κ1) is 7.32. The van der Waals surface area contributed by atoms with Gasteiger partial charge in [0.2, 0.25) is 0 Å². The number of hydrogen-bond donors (Lipinski definition) is 0. The zero-order valence-corrected chi connectivity index (χ0v) is 6.01. The average molecular weight is 140 g/mol. The molecule has 10 heavy (non-hydrogen) atoms. The van der Waals surface area contributed by atoms with Gasteiger partial charge in [0, 0.05) is 6.42 Å². The van der Waals surface area contributed by atoms with Crippen LogP contribution in [0.3, 0.4) is 0 Å². The third-order valence-corrected chi connectivity index (χ3v) is 1.80. The van der Waals surface area contributed by atoms with Crippen LogP contribution in [0.15, 0.2) is 12.7 Å². The van der Waals surface area contributed by atoms with E-state index in [9.17, 15) is 4.79 Å². The average Bonchev–Trinajstić information content (AvgIpc) is 2.14. The van der Waals surface area contributed by atoms with Crippen molar-refractivity contribution in [2.45, 2.75) is 19.3 Å². The molecule has 0 saturated carbocycles. The number of esters is 1. The van der Waals surface area contributed by atoms with Gasteiger partial charge >= 0.3 is 5.97 Å². The standard InChI is InChI=1S/C8H12O2/c1-2-7-3-4-8(9)10-6-5-7/h2,7H,1,3-6H2. The molecule has 1 atom stereocenters. The van der Waals surface area contributed by atoms with Crippen LogP contribution in [0, 0.1) is 5.92 Å². The molecule has 1 fully saturated rings. The predicted molar refractivity (Wildman–Crippen MR) is 38.5 cm³/mol. The lowest BCUT2D eigenvalue weighted by atomic mass is 10.0. The second-order valence-corrected chi connectivity index (χ2v) is 2.54. The van der Waals surface area contributed by atoms with Crippen LogP contribution in [0.2, 0.25) is 0 Å². The molecule has 0 aromatic carbocycles. The summed E-state index contributed by atoms with van der Waals surface area (Å²) in [5.74, 6) is 0.413. The Bertz CT molecular complexity index is 140. The fraction of sp³-hybridized carbons (Fsp3) is 0.625. The van der Waals surface area contributed by atoms with Crippen molar-refractivity contribution >= 4 is 5.97 Å². The Morgan fingerprint density at radius 3 is 3.10 bits per heavy atom. The molecule has 1 heterocycles. The molecule has 0 amide bonds. The van der Waals surface area contributed by atoms with Crippen molar-refractivity contribution in [1.29, 1.82) is 0 Å². The van der Waals surface area contributed by atoms with Crippen LogP contribution in [0.25, 0.3) is 0 Å². The molecule has 1 saturated heterocycles. The lowest BCUT2D eigenvalue weighted by Gasteiger charge is -2.03. The zero-order chi connectivity index (χ0) is 7.40. The summed E-state index contributed by atoms with van der Waals surface area (Å²) in [5, 5.41) is 0. The van der Waals surface area contributed by atoms with E-state index in [0.717, 1.165) is 12.8 Å². The van der Waals surface area contributed by atoms with Crippen LogP contribution in [-0.2, 0) is 9.53 Å². The highest BCUT2D eigenvalue weighted by Crippen LogP contribution is 2.16. The molecule has 0 spiro atoms. The minimum atomic E-state index is -0.0654. The normalized spacial score (nSPS) is 26.8. The summed E-state index contributed by atoms with van der Waals surface area (Å²) in [6.45, 7) is 4.25. The Hall–Kier alpha value is -0.790. The number of hydrogen-bond acceptors (Lipinski definition) is 2. The summed E-state index contributed by atoms with van der Waals surface area (Å²) in [5.41, 5.74) is 0. The molecule has 2 nitrogen and oxygen atoms in total. The van der Waals surface area contributed by atoms with Gasteiger partial charge in [-0.25, -0.2) is 0 Å². The van der Waals surface area contributed by atoms with Gasteiger partial charge in [0.15, 0.2) is 0 Å². The summed E-state index contributed by atoms with van der Waals surface area (Å²) in [6.07, 6.45) is 4.30. The monoisotopic (exact) mass is 140 g/mol. The number of cyclic esters (lactones) is 1. The van der Waals surface area contributed by atoms with Gasteiger partial charge in [0.1, 0.15) is 0 Å².